The predicted molar refractivity (Wildman–Crippen MR) is 152 cm³/mol. The van der Waals surface area contributed by atoms with Crippen LogP contribution in [0.15, 0.2) is 94.7 Å². The Balaban J connectivity index is 1.57. The van der Waals surface area contributed by atoms with Crippen LogP contribution < -0.4 is 8.37 Å². The molecule has 4 aromatic rings. The van der Waals surface area contributed by atoms with Crippen molar-refractivity contribution >= 4 is 20.2 Å². The van der Waals surface area contributed by atoms with Gasteiger partial charge < -0.3 is 8.37 Å². The lowest BCUT2D eigenvalue weighted by molar-refractivity contribution is 0.482. The Morgan fingerprint density at radius 3 is 1.15 bits per heavy atom. The summed E-state index contributed by atoms with van der Waals surface area (Å²) in [5, 5.41) is 0. The highest BCUT2D eigenvalue weighted by molar-refractivity contribution is 7.87. The number of hydrogen-bond donors (Lipinski definition) is 0. The minimum atomic E-state index is -3.96. The molecule has 0 atom stereocenters. The zero-order valence-corrected chi connectivity index (χ0v) is 24.5. The maximum atomic E-state index is 12.8. The van der Waals surface area contributed by atoms with E-state index in [4.69, 9.17) is 8.37 Å². The Morgan fingerprint density at radius 2 is 0.846 bits per heavy atom. The molecule has 204 valence electrons. The molecule has 0 bridgehead atoms. The van der Waals surface area contributed by atoms with E-state index in [2.05, 4.69) is 0 Å². The number of hydrogen-bond acceptors (Lipinski definition) is 6. The lowest BCUT2D eigenvalue weighted by atomic mass is 9.77. The van der Waals surface area contributed by atoms with Crippen molar-refractivity contribution in [1.29, 1.82) is 0 Å². The van der Waals surface area contributed by atoms with E-state index in [0.29, 0.717) is 11.1 Å². The first-order chi connectivity index (χ1) is 18.2. The standard InChI is InChI=1S/C31H32O6S2/c1-21-7-13-27(14-8-21)38(32,33)36-29-17-11-25(19-23(29)3)31(5,6)26-12-18-30(24(4)20-26)37-39(34,35)28-15-9-22(2)10-16-28/h7-20H,1-6H3. The molecular weight excluding hydrogens is 532 g/mol. The van der Waals surface area contributed by atoms with Crippen molar-refractivity contribution < 1.29 is 25.2 Å². The molecule has 0 unspecified atom stereocenters. The number of rotatable bonds is 8. The molecule has 4 aromatic carbocycles. The highest BCUT2D eigenvalue weighted by atomic mass is 32.2. The summed E-state index contributed by atoms with van der Waals surface area (Å²) in [5.74, 6) is 0.521. The second kappa shape index (κ2) is 10.5. The lowest BCUT2D eigenvalue weighted by Crippen LogP contribution is -2.20. The van der Waals surface area contributed by atoms with Crippen LogP contribution in [0.5, 0.6) is 11.5 Å². The average Bonchev–Trinajstić information content (AvgIpc) is 2.86. The fourth-order valence-corrected chi connectivity index (χ4v) is 6.15. The summed E-state index contributed by atoms with van der Waals surface area (Å²) in [7, 11) is -7.93. The van der Waals surface area contributed by atoms with Gasteiger partial charge in [0.1, 0.15) is 21.3 Å². The molecule has 0 N–H and O–H groups in total. The van der Waals surface area contributed by atoms with Crippen LogP contribution in [0.25, 0.3) is 0 Å². The summed E-state index contributed by atoms with van der Waals surface area (Å²) in [5.41, 5.74) is 4.69. The van der Waals surface area contributed by atoms with Gasteiger partial charge in [0.15, 0.2) is 0 Å². The molecule has 8 heteroatoms. The minimum Gasteiger partial charge on any atom is -0.379 e. The van der Waals surface area contributed by atoms with Crippen LogP contribution in [0, 0.1) is 27.7 Å². The zero-order valence-electron chi connectivity index (χ0n) is 22.8. The van der Waals surface area contributed by atoms with Crippen molar-refractivity contribution in [2.45, 2.75) is 56.7 Å². The van der Waals surface area contributed by atoms with Crippen molar-refractivity contribution in [3.05, 3.63) is 118 Å². The number of aryl methyl sites for hydroxylation is 4. The van der Waals surface area contributed by atoms with Crippen molar-refractivity contribution in [3.63, 3.8) is 0 Å². The summed E-state index contributed by atoms with van der Waals surface area (Å²) in [6.07, 6.45) is 0. The maximum absolute atomic E-state index is 12.8. The van der Waals surface area contributed by atoms with Crippen LogP contribution in [0.2, 0.25) is 0 Å². The molecule has 0 aromatic heterocycles. The van der Waals surface area contributed by atoms with Crippen LogP contribution in [0.3, 0.4) is 0 Å². The smallest absolute Gasteiger partial charge is 0.339 e. The highest BCUT2D eigenvalue weighted by Crippen LogP contribution is 2.37. The maximum Gasteiger partial charge on any atom is 0.339 e. The first-order valence-electron chi connectivity index (χ1n) is 12.4. The quantitative estimate of drug-likeness (QED) is 0.219. The fraction of sp³-hybridized carbons (Fsp3) is 0.226. The Kier molecular flexibility index (Phi) is 7.65. The highest BCUT2D eigenvalue weighted by Gasteiger charge is 2.26. The summed E-state index contributed by atoms with van der Waals surface area (Å²) >= 11 is 0. The molecule has 0 aliphatic heterocycles. The van der Waals surface area contributed by atoms with Crippen molar-refractivity contribution in [2.24, 2.45) is 0 Å². The molecule has 6 nitrogen and oxygen atoms in total. The summed E-state index contributed by atoms with van der Waals surface area (Å²) < 4.78 is 62.0. The topological polar surface area (TPSA) is 86.7 Å². The monoisotopic (exact) mass is 564 g/mol. The lowest BCUT2D eigenvalue weighted by Gasteiger charge is -2.27. The third-order valence-corrected chi connectivity index (χ3v) is 9.31. The van der Waals surface area contributed by atoms with Gasteiger partial charge in [0.2, 0.25) is 0 Å². The van der Waals surface area contributed by atoms with Crippen LogP contribution >= 0.6 is 0 Å². The van der Waals surface area contributed by atoms with Gasteiger partial charge in [0, 0.05) is 5.41 Å². The van der Waals surface area contributed by atoms with Crippen molar-refractivity contribution in [2.75, 3.05) is 0 Å². The van der Waals surface area contributed by atoms with E-state index in [-0.39, 0.29) is 21.3 Å². The van der Waals surface area contributed by atoms with Gasteiger partial charge in [-0.25, -0.2) is 0 Å². The molecule has 0 spiro atoms. The molecule has 0 radical (unpaired) electrons. The molecule has 0 amide bonds. The summed E-state index contributed by atoms with van der Waals surface area (Å²) in [4.78, 5) is 0.193. The Bertz CT molecular complexity index is 1590. The largest absolute Gasteiger partial charge is 0.379 e. The van der Waals surface area contributed by atoms with Crippen LogP contribution in [0.1, 0.15) is 47.2 Å². The normalized spacial score (nSPS) is 12.3. The Hall–Kier alpha value is -3.62. The SMILES string of the molecule is Cc1ccc(S(=O)(=O)Oc2ccc(C(C)(C)c3ccc(OS(=O)(=O)c4ccc(C)cc4)c(C)c3)cc2C)cc1. The van der Waals surface area contributed by atoms with Crippen molar-refractivity contribution in [3.8, 4) is 11.5 Å². The van der Waals surface area contributed by atoms with Gasteiger partial charge in [-0.1, -0.05) is 73.5 Å². The molecule has 0 aliphatic carbocycles. The van der Waals surface area contributed by atoms with E-state index >= 15 is 0 Å². The van der Waals surface area contributed by atoms with Gasteiger partial charge in [-0.05, 0) is 86.3 Å². The molecule has 0 saturated heterocycles. The zero-order chi connectivity index (χ0) is 28.6. The van der Waals surface area contributed by atoms with Gasteiger partial charge >= 0.3 is 20.2 Å². The van der Waals surface area contributed by atoms with E-state index in [0.717, 1.165) is 22.3 Å². The first-order valence-corrected chi connectivity index (χ1v) is 15.3. The van der Waals surface area contributed by atoms with E-state index in [1.807, 2.05) is 52.0 Å². The second-order valence-corrected chi connectivity index (χ2v) is 13.4. The third-order valence-electron chi connectivity index (χ3n) is 6.81. The minimum absolute atomic E-state index is 0.0964. The Morgan fingerprint density at radius 1 is 0.513 bits per heavy atom. The van der Waals surface area contributed by atoms with Gasteiger partial charge in [-0.15, -0.1) is 0 Å². The molecule has 0 saturated carbocycles. The van der Waals surface area contributed by atoms with Crippen LogP contribution in [0.4, 0.5) is 0 Å². The van der Waals surface area contributed by atoms with Gasteiger partial charge in [0.05, 0.1) is 0 Å². The molecule has 0 fully saturated rings. The molecule has 39 heavy (non-hydrogen) atoms. The summed E-state index contributed by atoms with van der Waals surface area (Å²) in [6, 6.07) is 23.8. The second-order valence-electron chi connectivity index (χ2n) is 10.3. The molecule has 0 aliphatic rings. The fourth-order valence-electron chi connectivity index (χ4n) is 4.17. The van der Waals surface area contributed by atoms with E-state index < -0.39 is 25.7 Å². The van der Waals surface area contributed by atoms with Gasteiger partial charge in [-0.2, -0.15) is 16.8 Å². The van der Waals surface area contributed by atoms with Crippen molar-refractivity contribution in [1.82, 2.24) is 0 Å². The van der Waals surface area contributed by atoms with Gasteiger partial charge in [0.25, 0.3) is 0 Å². The number of benzene rings is 4. The summed E-state index contributed by atoms with van der Waals surface area (Å²) in [6.45, 7) is 11.5. The molecule has 0 heterocycles. The third kappa shape index (κ3) is 6.18. The predicted octanol–water partition coefficient (Wildman–Crippen LogP) is 6.78. The van der Waals surface area contributed by atoms with Crippen LogP contribution in [-0.2, 0) is 25.7 Å². The van der Waals surface area contributed by atoms with Gasteiger partial charge in [-0.3, -0.25) is 0 Å². The van der Waals surface area contributed by atoms with E-state index in [9.17, 15) is 16.8 Å². The first kappa shape index (κ1) is 28.4. The van der Waals surface area contributed by atoms with Crippen LogP contribution in [-0.4, -0.2) is 16.8 Å². The van der Waals surface area contributed by atoms with E-state index in [1.165, 1.54) is 24.3 Å². The molecule has 4 rings (SSSR count). The van der Waals surface area contributed by atoms with E-state index in [1.54, 1.807) is 50.2 Å². The average molecular weight is 565 g/mol. The Labute approximate surface area is 231 Å². The molecular formula is C31H32O6S2.